The first-order valence-electron chi connectivity index (χ1n) is 11.7. The van der Waals surface area contributed by atoms with Gasteiger partial charge in [0.05, 0.1) is 5.69 Å². The predicted octanol–water partition coefficient (Wildman–Crippen LogP) is 4.29. The molecule has 2 aromatic heterocycles. The second kappa shape index (κ2) is 10.3. The van der Waals surface area contributed by atoms with Crippen molar-refractivity contribution in [3.63, 3.8) is 0 Å². The van der Waals surface area contributed by atoms with Gasteiger partial charge in [0, 0.05) is 41.0 Å². The highest BCUT2D eigenvalue weighted by Crippen LogP contribution is 2.37. The number of benzene rings is 2. The lowest BCUT2D eigenvalue weighted by atomic mass is 9.97. The van der Waals surface area contributed by atoms with Crippen molar-refractivity contribution in [3.8, 4) is 34.2 Å². The Hall–Kier alpha value is -4.82. The molecule has 4 N–H and O–H groups in total. The number of nitrogens with zero attached hydrogens (tertiary/aromatic N) is 4. The summed E-state index contributed by atoms with van der Waals surface area (Å²) in [5, 5.41) is 25.0. The molecular formula is C27H21FN6O3S. The van der Waals surface area contributed by atoms with Crippen LogP contribution in [0.2, 0.25) is 0 Å². The van der Waals surface area contributed by atoms with Crippen molar-refractivity contribution in [1.29, 1.82) is 5.26 Å². The number of aromatic nitrogens is 2. The Kier molecular flexibility index (Phi) is 6.72. The topological polar surface area (TPSA) is 145 Å². The van der Waals surface area contributed by atoms with Gasteiger partial charge in [-0.3, -0.25) is 9.59 Å². The number of halogens is 1. The quantitative estimate of drug-likeness (QED) is 0.338. The van der Waals surface area contributed by atoms with Crippen LogP contribution in [0.25, 0.3) is 22.4 Å². The number of thiazole rings is 1. The third-order valence-corrected chi connectivity index (χ3v) is 7.07. The molecule has 4 aromatic rings. The SMILES string of the molecule is N#Cc1c(-c2cccc(N3CCC[C@@H]3C(N)=O)c2)cc(-c2ccc(F)cc2O)nc1NC(=O)c1nccs1. The Balaban J connectivity index is 1.66. The van der Waals surface area contributed by atoms with Gasteiger partial charge in [-0.25, -0.2) is 14.4 Å². The molecule has 9 nitrogen and oxygen atoms in total. The number of anilines is 2. The smallest absolute Gasteiger partial charge is 0.285 e. The van der Waals surface area contributed by atoms with Gasteiger partial charge < -0.3 is 21.1 Å². The number of hydrogen-bond acceptors (Lipinski definition) is 8. The first-order valence-corrected chi connectivity index (χ1v) is 12.5. The number of hydrogen-bond donors (Lipinski definition) is 3. The van der Waals surface area contributed by atoms with Crippen molar-refractivity contribution < 1.29 is 19.1 Å². The predicted molar refractivity (Wildman–Crippen MR) is 141 cm³/mol. The van der Waals surface area contributed by atoms with Crippen molar-refractivity contribution in [2.24, 2.45) is 5.73 Å². The maximum Gasteiger partial charge on any atom is 0.285 e. The van der Waals surface area contributed by atoms with E-state index >= 15 is 0 Å². The fraction of sp³-hybridized carbons (Fsp3) is 0.148. The minimum Gasteiger partial charge on any atom is -0.507 e. The zero-order valence-electron chi connectivity index (χ0n) is 19.9. The number of nitrogens with two attached hydrogens (primary N) is 1. The zero-order valence-corrected chi connectivity index (χ0v) is 20.7. The van der Waals surface area contributed by atoms with Gasteiger partial charge in [-0.15, -0.1) is 11.3 Å². The highest BCUT2D eigenvalue weighted by molar-refractivity contribution is 7.11. The van der Waals surface area contributed by atoms with Crippen molar-refractivity contribution in [2.75, 3.05) is 16.8 Å². The number of primary amides is 1. The van der Waals surface area contributed by atoms with E-state index in [-0.39, 0.29) is 33.4 Å². The molecule has 2 aromatic carbocycles. The number of pyridine rings is 1. The van der Waals surface area contributed by atoms with Crippen LogP contribution in [0.5, 0.6) is 5.75 Å². The summed E-state index contributed by atoms with van der Waals surface area (Å²) in [7, 11) is 0. The van der Waals surface area contributed by atoms with Crippen LogP contribution in [0.1, 0.15) is 28.2 Å². The van der Waals surface area contributed by atoms with E-state index in [2.05, 4.69) is 21.4 Å². The number of carbonyl (C=O) groups is 2. The van der Waals surface area contributed by atoms with E-state index in [4.69, 9.17) is 5.73 Å². The highest BCUT2D eigenvalue weighted by Gasteiger charge is 2.29. The molecule has 1 aliphatic heterocycles. The van der Waals surface area contributed by atoms with Crippen LogP contribution in [0, 0.1) is 17.1 Å². The van der Waals surface area contributed by atoms with Crippen LogP contribution in [0.3, 0.4) is 0 Å². The van der Waals surface area contributed by atoms with Crippen LogP contribution in [-0.2, 0) is 4.79 Å². The summed E-state index contributed by atoms with van der Waals surface area (Å²) in [6.07, 6.45) is 2.95. The van der Waals surface area contributed by atoms with Gasteiger partial charge in [0.25, 0.3) is 5.91 Å². The van der Waals surface area contributed by atoms with E-state index in [1.165, 1.54) is 18.3 Å². The summed E-state index contributed by atoms with van der Waals surface area (Å²) in [5.41, 5.74) is 7.92. The molecule has 1 fully saturated rings. The Bertz CT molecular complexity index is 1580. The lowest BCUT2D eigenvalue weighted by molar-refractivity contribution is -0.119. The van der Waals surface area contributed by atoms with Gasteiger partial charge in [-0.05, 0) is 48.7 Å². The number of nitriles is 1. The molecule has 0 bridgehead atoms. The second-order valence-electron chi connectivity index (χ2n) is 8.65. The van der Waals surface area contributed by atoms with Crippen molar-refractivity contribution in [3.05, 3.63) is 76.5 Å². The number of carbonyl (C=O) groups excluding carboxylic acids is 2. The lowest BCUT2D eigenvalue weighted by Crippen LogP contribution is -2.40. The number of amides is 2. The van der Waals surface area contributed by atoms with Crippen LogP contribution in [-0.4, -0.2) is 39.5 Å². The van der Waals surface area contributed by atoms with Gasteiger partial charge in [-0.1, -0.05) is 12.1 Å². The maximum absolute atomic E-state index is 13.7. The van der Waals surface area contributed by atoms with Gasteiger partial charge in [-0.2, -0.15) is 5.26 Å². The van der Waals surface area contributed by atoms with Crippen molar-refractivity contribution >= 4 is 34.7 Å². The number of nitrogens with one attached hydrogen (secondary N) is 1. The summed E-state index contributed by atoms with van der Waals surface area (Å²) in [6.45, 7) is 0.655. The summed E-state index contributed by atoms with van der Waals surface area (Å²) >= 11 is 1.13. The van der Waals surface area contributed by atoms with E-state index in [1.54, 1.807) is 23.6 Å². The molecule has 0 saturated carbocycles. The maximum atomic E-state index is 13.7. The molecule has 11 heteroatoms. The lowest BCUT2D eigenvalue weighted by Gasteiger charge is -2.25. The van der Waals surface area contributed by atoms with Crippen LogP contribution >= 0.6 is 11.3 Å². The molecule has 38 heavy (non-hydrogen) atoms. The van der Waals surface area contributed by atoms with Crippen LogP contribution < -0.4 is 16.0 Å². The molecule has 1 atom stereocenters. The number of rotatable bonds is 6. The molecule has 190 valence electrons. The number of aromatic hydroxyl groups is 1. The summed E-state index contributed by atoms with van der Waals surface area (Å²) < 4.78 is 13.7. The first-order chi connectivity index (χ1) is 18.4. The normalized spacial score (nSPS) is 14.7. The Morgan fingerprint density at radius 3 is 2.76 bits per heavy atom. The minimum absolute atomic E-state index is 0.0366. The fourth-order valence-electron chi connectivity index (χ4n) is 4.56. The average molecular weight is 529 g/mol. The summed E-state index contributed by atoms with van der Waals surface area (Å²) in [5.74, 6) is -1.97. The van der Waals surface area contributed by atoms with E-state index in [0.717, 1.165) is 29.5 Å². The zero-order chi connectivity index (χ0) is 26.8. The Labute approximate surface area is 221 Å². The van der Waals surface area contributed by atoms with Gasteiger partial charge in [0.2, 0.25) is 5.91 Å². The second-order valence-corrected chi connectivity index (χ2v) is 9.54. The molecule has 0 aliphatic carbocycles. The summed E-state index contributed by atoms with van der Waals surface area (Å²) in [4.78, 5) is 35.2. The van der Waals surface area contributed by atoms with Crippen molar-refractivity contribution in [2.45, 2.75) is 18.9 Å². The Morgan fingerprint density at radius 1 is 1.21 bits per heavy atom. The Morgan fingerprint density at radius 2 is 2.05 bits per heavy atom. The van der Waals surface area contributed by atoms with Gasteiger partial charge >= 0.3 is 0 Å². The molecule has 3 heterocycles. The standard InChI is InChI=1S/C27H21FN6O3S/c28-16-6-7-18(23(35)12-16)21-13-19(20(14-29)25(32-21)33-26(37)27-31-8-10-38-27)15-3-1-4-17(11-15)34-9-2-5-22(34)24(30)36/h1,3-4,6-8,10-13,22,35H,2,5,9H2,(H2,30,36)(H,32,33,37)/t22-/m1/s1. The molecule has 5 rings (SSSR count). The average Bonchev–Trinajstić information content (AvgIpc) is 3.61. The molecule has 0 radical (unpaired) electrons. The third kappa shape index (κ3) is 4.77. The number of phenolic OH excluding ortho intramolecular Hbond substituents is 1. The van der Waals surface area contributed by atoms with Gasteiger partial charge in [0.1, 0.15) is 29.2 Å². The molecule has 1 aliphatic rings. The van der Waals surface area contributed by atoms with Crippen molar-refractivity contribution in [1.82, 2.24) is 9.97 Å². The van der Waals surface area contributed by atoms with E-state index in [9.17, 15) is 24.3 Å². The molecule has 2 amide bonds. The number of phenols is 1. The largest absolute Gasteiger partial charge is 0.507 e. The minimum atomic E-state index is -0.625. The van der Waals surface area contributed by atoms with Gasteiger partial charge in [0.15, 0.2) is 10.8 Å². The highest BCUT2D eigenvalue weighted by atomic mass is 32.1. The first kappa shape index (κ1) is 24.9. The molecule has 0 spiro atoms. The molecular weight excluding hydrogens is 507 g/mol. The molecule has 0 unspecified atom stereocenters. The monoisotopic (exact) mass is 528 g/mol. The van der Waals surface area contributed by atoms with E-state index < -0.39 is 23.7 Å². The fourth-order valence-corrected chi connectivity index (χ4v) is 5.09. The molecule has 1 saturated heterocycles. The van der Waals surface area contributed by atoms with Crippen LogP contribution in [0.4, 0.5) is 15.9 Å². The van der Waals surface area contributed by atoms with E-state index in [0.29, 0.717) is 24.1 Å². The third-order valence-electron chi connectivity index (χ3n) is 6.30. The summed E-state index contributed by atoms with van der Waals surface area (Å²) in [6, 6.07) is 14.1. The van der Waals surface area contributed by atoms with Crippen LogP contribution in [0.15, 0.2) is 60.1 Å². The van der Waals surface area contributed by atoms with E-state index in [1.807, 2.05) is 17.0 Å².